The molecule has 6 heteroatoms. The summed E-state index contributed by atoms with van der Waals surface area (Å²) in [4.78, 5) is 33.6. The predicted molar refractivity (Wildman–Crippen MR) is 103 cm³/mol. The van der Waals surface area contributed by atoms with Gasteiger partial charge in [0.15, 0.2) is 0 Å². The Balaban J connectivity index is 1.45. The molecule has 3 heterocycles. The Hall–Kier alpha value is -2.73. The summed E-state index contributed by atoms with van der Waals surface area (Å²) >= 11 is 0. The number of anilines is 1. The van der Waals surface area contributed by atoms with Gasteiger partial charge in [0.1, 0.15) is 0 Å². The van der Waals surface area contributed by atoms with Crippen LogP contribution >= 0.6 is 0 Å². The van der Waals surface area contributed by atoms with E-state index in [-0.39, 0.29) is 11.8 Å². The van der Waals surface area contributed by atoms with Gasteiger partial charge in [-0.05, 0) is 43.1 Å². The Morgan fingerprint density at radius 3 is 2.96 bits per heavy atom. The minimum absolute atomic E-state index is 0.0184. The number of hydrogen-bond donors (Lipinski definition) is 1. The van der Waals surface area contributed by atoms with Gasteiger partial charge in [-0.2, -0.15) is 0 Å². The van der Waals surface area contributed by atoms with Crippen molar-refractivity contribution in [3.8, 4) is 0 Å². The number of rotatable bonds is 4. The summed E-state index contributed by atoms with van der Waals surface area (Å²) in [6.07, 6.45) is 5.17. The molecule has 1 atom stereocenters. The Morgan fingerprint density at radius 1 is 1.30 bits per heavy atom. The van der Waals surface area contributed by atoms with E-state index in [0.717, 1.165) is 29.7 Å². The zero-order valence-electron chi connectivity index (χ0n) is 15.5. The lowest BCUT2D eigenvalue weighted by atomic mass is 9.75. The van der Waals surface area contributed by atoms with Gasteiger partial charge in [-0.25, -0.2) is 0 Å². The molecular weight excluding hydrogens is 340 g/mol. The van der Waals surface area contributed by atoms with Crippen LogP contribution in [0.15, 0.2) is 48.8 Å². The molecule has 0 radical (unpaired) electrons. The van der Waals surface area contributed by atoms with Crippen LogP contribution in [0, 0.1) is 0 Å². The lowest BCUT2D eigenvalue weighted by Gasteiger charge is -2.39. The topological polar surface area (TPSA) is 65.5 Å². The number of amides is 2. The Bertz CT molecular complexity index is 854. The molecular formula is C21H24N4O2. The van der Waals surface area contributed by atoms with Gasteiger partial charge in [-0.1, -0.05) is 24.3 Å². The summed E-state index contributed by atoms with van der Waals surface area (Å²) in [7, 11) is 1.93. The number of pyridine rings is 1. The maximum Gasteiger partial charge on any atom is 0.236 e. The van der Waals surface area contributed by atoms with Crippen molar-refractivity contribution in [2.75, 3.05) is 32.0 Å². The van der Waals surface area contributed by atoms with Crippen molar-refractivity contribution in [2.45, 2.75) is 24.8 Å². The van der Waals surface area contributed by atoms with E-state index in [2.05, 4.69) is 10.3 Å². The molecule has 1 fully saturated rings. The van der Waals surface area contributed by atoms with Gasteiger partial charge >= 0.3 is 0 Å². The van der Waals surface area contributed by atoms with Crippen molar-refractivity contribution in [3.63, 3.8) is 0 Å². The van der Waals surface area contributed by atoms with E-state index in [1.807, 2.05) is 59.4 Å². The molecule has 2 aliphatic rings. The van der Waals surface area contributed by atoms with Crippen molar-refractivity contribution in [1.29, 1.82) is 0 Å². The highest BCUT2D eigenvalue weighted by atomic mass is 16.2. The number of hydrogen-bond acceptors (Lipinski definition) is 4. The van der Waals surface area contributed by atoms with Crippen molar-refractivity contribution in [3.05, 3.63) is 59.9 Å². The molecule has 6 nitrogen and oxygen atoms in total. The largest absolute Gasteiger partial charge is 0.340 e. The van der Waals surface area contributed by atoms with Crippen LogP contribution in [-0.4, -0.2) is 53.3 Å². The first-order valence-corrected chi connectivity index (χ1v) is 9.35. The van der Waals surface area contributed by atoms with E-state index < -0.39 is 5.41 Å². The molecule has 1 N–H and O–H groups in total. The third-order valence-corrected chi connectivity index (χ3v) is 5.55. The molecule has 2 aromatic rings. The fourth-order valence-corrected chi connectivity index (χ4v) is 4.24. The standard InChI is InChI=1S/C21H24N4O2/c1-24(13-16-6-4-10-22-12-16)14-19(26)25-11-5-9-21(15-25)17-7-2-3-8-18(17)23-20(21)27/h2-4,6-8,10,12H,5,9,11,13-15H2,1H3,(H,23,27)/t21-/m1/s1. The Labute approximate surface area is 159 Å². The minimum atomic E-state index is -0.605. The first-order valence-electron chi connectivity index (χ1n) is 9.35. The fourth-order valence-electron chi connectivity index (χ4n) is 4.24. The quantitative estimate of drug-likeness (QED) is 0.902. The van der Waals surface area contributed by atoms with Crippen LogP contribution in [0.2, 0.25) is 0 Å². The molecule has 0 saturated carbocycles. The van der Waals surface area contributed by atoms with Gasteiger partial charge in [0, 0.05) is 37.7 Å². The third-order valence-electron chi connectivity index (χ3n) is 5.55. The number of nitrogens with one attached hydrogen (secondary N) is 1. The van der Waals surface area contributed by atoms with Crippen molar-refractivity contribution in [1.82, 2.24) is 14.8 Å². The Kier molecular flexibility index (Phi) is 4.66. The summed E-state index contributed by atoms with van der Waals surface area (Å²) in [5, 5.41) is 3.00. The van der Waals surface area contributed by atoms with Crippen molar-refractivity contribution >= 4 is 17.5 Å². The summed E-state index contributed by atoms with van der Waals surface area (Å²) in [6.45, 7) is 2.16. The maximum atomic E-state index is 12.9. The number of carbonyl (C=O) groups is 2. The van der Waals surface area contributed by atoms with E-state index in [1.165, 1.54) is 0 Å². The number of nitrogens with zero attached hydrogens (tertiary/aromatic N) is 3. The molecule has 0 bridgehead atoms. The van der Waals surface area contributed by atoms with E-state index in [0.29, 0.717) is 26.2 Å². The van der Waals surface area contributed by atoms with Crippen LogP contribution in [0.5, 0.6) is 0 Å². The van der Waals surface area contributed by atoms with Gasteiger partial charge in [-0.15, -0.1) is 0 Å². The average Bonchev–Trinajstić information content (AvgIpc) is 2.94. The fraction of sp³-hybridized carbons (Fsp3) is 0.381. The van der Waals surface area contributed by atoms with Gasteiger partial charge in [0.2, 0.25) is 11.8 Å². The third kappa shape index (κ3) is 3.32. The van der Waals surface area contributed by atoms with E-state index in [9.17, 15) is 9.59 Å². The smallest absolute Gasteiger partial charge is 0.236 e. The number of aromatic nitrogens is 1. The number of likely N-dealkylation sites (N-methyl/N-ethyl adjacent to an activating group) is 1. The van der Waals surface area contributed by atoms with Crippen LogP contribution in [0.3, 0.4) is 0 Å². The highest BCUT2D eigenvalue weighted by Crippen LogP contribution is 2.43. The Morgan fingerprint density at radius 2 is 2.15 bits per heavy atom. The number of fused-ring (bicyclic) bond motifs is 2. The molecule has 4 rings (SSSR count). The van der Waals surface area contributed by atoms with E-state index in [1.54, 1.807) is 6.20 Å². The van der Waals surface area contributed by atoms with Crippen LogP contribution < -0.4 is 5.32 Å². The lowest BCUT2D eigenvalue weighted by Crippen LogP contribution is -2.53. The van der Waals surface area contributed by atoms with Gasteiger partial charge in [0.25, 0.3) is 0 Å². The molecule has 1 saturated heterocycles. The second-order valence-electron chi connectivity index (χ2n) is 7.53. The normalized spacial score (nSPS) is 21.4. The monoisotopic (exact) mass is 364 g/mol. The molecule has 1 aromatic heterocycles. The molecule has 140 valence electrons. The lowest BCUT2D eigenvalue weighted by molar-refractivity contribution is -0.136. The van der Waals surface area contributed by atoms with Crippen LogP contribution in [0.4, 0.5) is 5.69 Å². The molecule has 2 aliphatic heterocycles. The highest BCUT2D eigenvalue weighted by molar-refractivity contribution is 6.06. The summed E-state index contributed by atoms with van der Waals surface area (Å²) in [6, 6.07) is 11.7. The predicted octanol–water partition coefficient (Wildman–Crippen LogP) is 2.03. The van der Waals surface area contributed by atoms with Crippen molar-refractivity contribution < 1.29 is 9.59 Å². The SMILES string of the molecule is CN(CC(=O)N1CCC[C@]2(C1)C(=O)Nc1ccccc12)Cc1cccnc1. The highest BCUT2D eigenvalue weighted by Gasteiger charge is 2.49. The number of para-hydroxylation sites is 1. The first-order chi connectivity index (χ1) is 13.1. The number of carbonyl (C=O) groups excluding carboxylic acids is 2. The van der Waals surface area contributed by atoms with Gasteiger partial charge in [0.05, 0.1) is 12.0 Å². The molecule has 1 spiro atoms. The second kappa shape index (κ2) is 7.12. The number of piperidine rings is 1. The van der Waals surface area contributed by atoms with E-state index >= 15 is 0 Å². The van der Waals surface area contributed by atoms with Crippen molar-refractivity contribution in [2.24, 2.45) is 0 Å². The summed E-state index contributed by atoms with van der Waals surface area (Å²) in [5.41, 5.74) is 2.38. The molecule has 27 heavy (non-hydrogen) atoms. The van der Waals surface area contributed by atoms with Crippen LogP contribution in [0.1, 0.15) is 24.0 Å². The molecule has 1 aromatic carbocycles. The zero-order valence-corrected chi connectivity index (χ0v) is 15.5. The summed E-state index contributed by atoms with van der Waals surface area (Å²) < 4.78 is 0. The molecule has 0 aliphatic carbocycles. The summed E-state index contributed by atoms with van der Waals surface area (Å²) in [5.74, 6) is 0.0857. The second-order valence-corrected chi connectivity index (χ2v) is 7.53. The zero-order chi connectivity index (χ0) is 18.9. The van der Waals surface area contributed by atoms with Gasteiger partial charge in [-0.3, -0.25) is 19.5 Å². The number of likely N-dealkylation sites (tertiary alicyclic amines) is 1. The average molecular weight is 364 g/mol. The first kappa shape index (κ1) is 17.7. The molecule has 0 unspecified atom stereocenters. The molecule has 2 amide bonds. The van der Waals surface area contributed by atoms with Crippen LogP contribution in [0.25, 0.3) is 0 Å². The minimum Gasteiger partial charge on any atom is -0.340 e. The van der Waals surface area contributed by atoms with E-state index in [4.69, 9.17) is 0 Å². The van der Waals surface area contributed by atoms with Gasteiger partial charge < -0.3 is 10.2 Å². The number of benzene rings is 1. The maximum absolute atomic E-state index is 12.9. The van der Waals surface area contributed by atoms with Crippen LogP contribution in [-0.2, 0) is 21.5 Å².